The van der Waals surface area contributed by atoms with E-state index in [1.807, 2.05) is 31.2 Å². The van der Waals surface area contributed by atoms with Crippen molar-refractivity contribution in [2.24, 2.45) is 0 Å². The molecule has 0 aliphatic carbocycles. The van der Waals surface area contributed by atoms with E-state index < -0.39 is 17.5 Å². The Morgan fingerprint density at radius 2 is 1.92 bits per heavy atom. The van der Waals surface area contributed by atoms with Gasteiger partial charge in [0.05, 0.1) is 31.4 Å². The van der Waals surface area contributed by atoms with Gasteiger partial charge in [-0.15, -0.1) is 10.2 Å². The zero-order valence-electron chi connectivity index (χ0n) is 21.0. The molecule has 1 aromatic carbocycles. The average molecular weight is 504 g/mol. The second-order valence-electron chi connectivity index (χ2n) is 10.3. The number of carbonyl (C=O) groups excluding carboxylic acids is 1. The quantitative estimate of drug-likeness (QED) is 0.359. The lowest BCUT2D eigenvalue weighted by atomic mass is 9.95. The van der Waals surface area contributed by atoms with Crippen LogP contribution in [0.4, 0.5) is 15.0 Å². The molecule has 0 N–H and O–H groups in total. The third-order valence-corrected chi connectivity index (χ3v) is 6.41. The summed E-state index contributed by atoms with van der Waals surface area (Å²) in [5.74, 6) is 0.719. The van der Waals surface area contributed by atoms with Crippen LogP contribution in [0.3, 0.4) is 0 Å². The number of halogens is 1. The number of rotatable bonds is 1. The number of benzene rings is 1. The molecule has 2 aliphatic heterocycles. The molecule has 9 nitrogen and oxygen atoms in total. The van der Waals surface area contributed by atoms with Crippen molar-refractivity contribution in [3.8, 4) is 22.8 Å². The van der Waals surface area contributed by atoms with Crippen LogP contribution in [0.5, 0.6) is 11.5 Å². The number of hydrogen-bond acceptors (Lipinski definition) is 7. The van der Waals surface area contributed by atoms with Crippen LogP contribution < -0.4 is 14.4 Å². The molecule has 4 aromatic rings. The van der Waals surface area contributed by atoms with E-state index in [0.717, 1.165) is 5.69 Å². The van der Waals surface area contributed by atoms with Gasteiger partial charge in [0.1, 0.15) is 23.5 Å². The third kappa shape index (κ3) is 4.02. The summed E-state index contributed by atoms with van der Waals surface area (Å²) in [4.78, 5) is 19.7. The van der Waals surface area contributed by atoms with Gasteiger partial charge in [-0.2, -0.15) is 0 Å². The van der Waals surface area contributed by atoms with E-state index in [4.69, 9.17) is 14.2 Å². The molecule has 37 heavy (non-hydrogen) atoms. The Morgan fingerprint density at radius 1 is 1.14 bits per heavy atom. The fourth-order valence-electron chi connectivity index (χ4n) is 4.85. The Kier molecular flexibility index (Phi) is 5.29. The molecule has 1 amide bonds. The predicted octanol–water partition coefficient (Wildman–Crippen LogP) is 5.05. The Labute approximate surface area is 212 Å². The summed E-state index contributed by atoms with van der Waals surface area (Å²) in [6.07, 6.45) is 0.856. The van der Waals surface area contributed by atoms with Crippen molar-refractivity contribution in [1.29, 1.82) is 0 Å². The molecular weight excluding hydrogens is 477 g/mol. The molecule has 0 fully saturated rings. The third-order valence-electron chi connectivity index (χ3n) is 6.41. The van der Waals surface area contributed by atoms with E-state index in [9.17, 15) is 4.79 Å². The van der Waals surface area contributed by atoms with Crippen LogP contribution >= 0.6 is 0 Å². The highest BCUT2D eigenvalue weighted by molar-refractivity contribution is 5.91. The van der Waals surface area contributed by atoms with Crippen molar-refractivity contribution in [3.05, 3.63) is 65.4 Å². The lowest BCUT2D eigenvalue weighted by Crippen LogP contribution is -2.38. The summed E-state index contributed by atoms with van der Waals surface area (Å²) in [6.45, 7) is 7.75. The number of carbonyl (C=O) groups is 1. The molecule has 0 spiro atoms. The minimum absolute atomic E-state index is 0.0878. The number of fused-ring (bicyclic) bond motifs is 3. The first-order valence-electron chi connectivity index (χ1n) is 12.1. The fraction of sp³-hybridized carbons (Fsp3) is 0.333. The predicted molar refractivity (Wildman–Crippen MR) is 134 cm³/mol. The molecule has 190 valence electrons. The molecule has 6 rings (SSSR count). The maximum atomic E-state index is 15.3. The maximum Gasteiger partial charge on any atom is 0.416 e. The minimum atomic E-state index is -0.781. The lowest BCUT2D eigenvalue weighted by Gasteiger charge is -2.29. The summed E-state index contributed by atoms with van der Waals surface area (Å²) in [6, 6.07) is 10.5. The topological polar surface area (TPSA) is 91.1 Å². The molecule has 0 bridgehead atoms. The Bertz CT molecular complexity index is 1540. The fourth-order valence-corrected chi connectivity index (χ4v) is 4.85. The standard InChI is InChI=1S/C27H26FN5O4/c1-15-6-5-7-20(30-15)17-10-22-25(33-14-29-31-24(17)33)32(26(34)37-27(2,3)4)11-18-19(28)8-9-21-23(18)16(12-35-21)13-36-22/h5-10,14,16H,11-13H2,1-4H3. The normalized spacial score (nSPS) is 16.7. The van der Waals surface area contributed by atoms with E-state index in [-0.39, 0.29) is 19.1 Å². The summed E-state index contributed by atoms with van der Waals surface area (Å²) in [5, 5.41) is 8.45. The van der Waals surface area contributed by atoms with Gasteiger partial charge in [0.2, 0.25) is 0 Å². The molecule has 0 saturated carbocycles. The highest BCUT2D eigenvalue weighted by atomic mass is 19.1. The zero-order chi connectivity index (χ0) is 25.9. The number of ether oxygens (including phenoxy) is 3. The second-order valence-corrected chi connectivity index (χ2v) is 10.3. The SMILES string of the molecule is Cc1cccc(-c2cc3c(n4cnnc24)N(C(=O)OC(C)(C)C)Cc2c(F)ccc4c2C(CO4)CO3)n1. The van der Waals surface area contributed by atoms with Gasteiger partial charge in [-0.05, 0) is 58.0 Å². The molecule has 2 aliphatic rings. The van der Waals surface area contributed by atoms with Crippen LogP contribution in [0.15, 0.2) is 42.7 Å². The van der Waals surface area contributed by atoms with Crippen LogP contribution in [-0.2, 0) is 11.3 Å². The highest BCUT2D eigenvalue weighted by Crippen LogP contribution is 2.43. The van der Waals surface area contributed by atoms with Gasteiger partial charge in [0.25, 0.3) is 0 Å². The van der Waals surface area contributed by atoms with Crippen molar-refractivity contribution >= 4 is 17.6 Å². The molecular formula is C27H26FN5O4. The lowest BCUT2D eigenvalue weighted by molar-refractivity contribution is 0.0574. The van der Waals surface area contributed by atoms with Gasteiger partial charge < -0.3 is 14.2 Å². The molecule has 0 saturated heterocycles. The summed E-state index contributed by atoms with van der Waals surface area (Å²) >= 11 is 0. The van der Waals surface area contributed by atoms with Crippen LogP contribution in [0.25, 0.3) is 16.9 Å². The van der Waals surface area contributed by atoms with Crippen LogP contribution in [-0.4, -0.2) is 44.5 Å². The smallest absolute Gasteiger partial charge is 0.416 e. The molecule has 5 heterocycles. The molecule has 0 radical (unpaired) electrons. The van der Waals surface area contributed by atoms with Crippen molar-refractivity contribution in [2.75, 3.05) is 18.1 Å². The number of pyridine rings is 2. The number of aromatic nitrogens is 4. The molecule has 1 unspecified atom stereocenters. The van der Waals surface area contributed by atoms with E-state index in [1.54, 1.807) is 31.2 Å². The Morgan fingerprint density at radius 3 is 2.68 bits per heavy atom. The van der Waals surface area contributed by atoms with E-state index >= 15 is 4.39 Å². The number of amides is 1. The maximum absolute atomic E-state index is 15.3. The van der Waals surface area contributed by atoms with Gasteiger partial charge in [0, 0.05) is 22.4 Å². The number of aryl methyl sites for hydroxylation is 1. The Balaban J connectivity index is 1.60. The first kappa shape index (κ1) is 23.2. The van der Waals surface area contributed by atoms with Crippen molar-refractivity contribution in [3.63, 3.8) is 0 Å². The Hall–Kier alpha value is -4.21. The summed E-state index contributed by atoms with van der Waals surface area (Å²) < 4.78 is 35.0. The van der Waals surface area contributed by atoms with Crippen molar-refractivity contribution in [2.45, 2.75) is 45.8 Å². The van der Waals surface area contributed by atoms with Gasteiger partial charge >= 0.3 is 6.09 Å². The average Bonchev–Trinajstić information content (AvgIpc) is 3.48. The van der Waals surface area contributed by atoms with E-state index in [2.05, 4.69) is 15.2 Å². The van der Waals surface area contributed by atoms with Crippen LogP contribution in [0, 0.1) is 12.7 Å². The van der Waals surface area contributed by atoms with Crippen molar-refractivity contribution < 1.29 is 23.4 Å². The number of nitrogens with zero attached hydrogens (tertiary/aromatic N) is 5. The first-order valence-corrected chi connectivity index (χ1v) is 12.1. The van der Waals surface area contributed by atoms with Crippen molar-refractivity contribution in [1.82, 2.24) is 19.6 Å². The largest absolute Gasteiger partial charge is 0.493 e. The monoisotopic (exact) mass is 503 g/mol. The van der Waals surface area contributed by atoms with E-state index in [0.29, 0.717) is 52.0 Å². The number of anilines is 1. The zero-order valence-corrected chi connectivity index (χ0v) is 21.0. The summed E-state index contributed by atoms with van der Waals surface area (Å²) in [5.41, 5.74) is 3.00. The van der Waals surface area contributed by atoms with Gasteiger partial charge in [-0.1, -0.05) is 6.07 Å². The second kappa shape index (κ2) is 8.43. The van der Waals surface area contributed by atoms with Gasteiger partial charge in [0.15, 0.2) is 17.2 Å². The summed E-state index contributed by atoms with van der Waals surface area (Å²) in [7, 11) is 0. The molecule has 3 aromatic heterocycles. The minimum Gasteiger partial charge on any atom is -0.493 e. The van der Waals surface area contributed by atoms with Gasteiger partial charge in [-0.3, -0.25) is 14.3 Å². The number of hydrogen-bond donors (Lipinski definition) is 0. The first-order chi connectivity index (χ1) is 17.7. The van der Waals surface area contributed by atoms with Crippen LogP contribution in [0.2, 0.25) is 0 Å². The molecule has 10 heteroatoms. The van der Waals surface area contributed by atoms with Crippen LogP contribution in [0.1, 0.15) is 43.5 Å². The molecule has 1 atom stereocenters. The van der Waals surface area contributed by atoms with E-state index in [1.165, 1.54) is 17.3 Å². The highest BCUT2D eigenvalue weighted by Gasteiger charge is 2.37. The van der Waals surface area contributed by atoms with Gasteiger partial charge in [-0.25, -0.2) is 9.18 Å².